The lowest BCUT2D eigenvalue weighted by Gasteiger charge is -2.10. The van der Waals surface area contributed by atoms with E-state index >= 15 is 0 Å². The molecule has 0 saturated carbocycles. The summed E-state index contributed by atoms with van der Waals surface area (Å²) in [6, 6.07) is 22.3. The Morgan fingerprint density at radius 2 is 1.57 bits per heavy atom. The molecule has 0 radical (unpaired) electrons. The van der Waals surface area contributed by atoms with Gasteiger partial charge in [-0.15, -0.1) is 0 Å². The van der Waals surface area contributed by atoms with Gasteiger partial charge in [0.25, 0.3) is 5.91 Å². The van der Waals surface area contributed by atoms with E-state index in [1.165, 1.54) is 6.21 Å². The minimum atomic E-state index is -0.875. The number of benzene rings is 3. The standard InChI is InChI=1S/C27H28N4O4/c1-19-14-20(2)16-23(15-19)30-25(32)18-35-24-11-7-6-10-22(24)17-29-31-27(34)26(33)28-13-12-21-8-4-3-5-9-21/h3-11,14-17H,12-13,18H2,1-2H3,(H,28,33)(H,30,32)(H,31,34)/b29-17+. The maximum atomic E-state index is 12.3. The van der Waals surface area contributed by atoms with Crippen molar-refractivity contribution in [3.63, 3.8) is 0 Å². The van der Waals surface area contributed by atoms with E-state index in [0.717, 1.165) is 16.7 Å². The van der Waals surface area contributed by atoms with E-state index in [2.05, 4.69) is 21.2 Å². The fourth-order valence-electron chi connectivity index (χ4n) is 3.36. The average Bonchev–Trinajstić information content (AvgIpc) is 2.83. The van der Waals surface area contributed by atoms with Gasteiger partial charge in [0.2, 0.25) is 0 Å². The SMILES string of the molecule is Cc1cc(C)cc(NC(=O)COc2ccccc2/C=N/NC(=O)C(=O)NCCc2ccccc2)c1. The van der Waals surface area contributed by atoms with E-state index in [1.54, 1.807) is 24.3 Å². The van der Waals surface area contributed by atoms with Gasteiger partial charge in [-0.25, -0.2) is 5.43 Å². The van der Waals surface area contributed by atoms with Gasteiger partial charge in [0, 0.05) is 17.8 Å². The van der Waals surface area contributed by atoms with E-state index < -0.39 is 11.8 Å². The van der Waals surface area contributed by atoms with Crippen molar-refractivity contribution in [3.05, 3.63) is 95.1 Å². The summed E-state index contributed by atoms with van der Waals surface area (Å²) in [5, 5.41) is 9.21. The second-order valence-corrected chi connectivity index (χ2v) is 7.94. The molecule has 8 nitrogen and oxygen atoms in total. The Morgan fingerprint density at radius 1 is 0.886 bits per heavy atom. The number of carbonyl (C=O) groups is 3. The van der Waals surface area contributed by atoms with Gasteiger partial charge in [-0.1, -0.05) is 48.5 Å². The van der Waals surface area contributed by atoms with Gasteiger partial charge in [0.05, 0.1) is 6.21 Å². The average molecular weight is 473 g/mol. The lowest BCUT2D eigenvalue weighted by Crippen LogP contribution is -2.38. The zero-order valence-corrected chi connectivity index (χ0v) is 19.7. The number of ether oxygens (including phenoxy) is 1. The van der Waals surface area contributed by atoms with E-state index in [4.69, 9.17) is 4.74 Å². The Bertz CT molecular complexity index is 1190. The van der Waals surface area contributed by atoms with Crippen LogP contribution in [0.5, 0.6) is 5.75 Å². The number of aryl methyl sites for hydroxylation is 2. The maximum absolute atomic E-state index is 12.3. The highest BCUT2D eigenvalue weighted by molar-refractivity contribution is 6.35. The number of anilines is 1. The number of nitrogens with zero attached hydrogens (tertiary/aromatic N) is 1. The molecule has 0 heterocycles. The molecule has 8 heteroatoms. The predicted molar refractivity (Wildman–Crippen MR) is 135 cm³/mol. The molecule has 0 aliphatic rings. The van der Waals surface area contributed by atoms with Gasteiger partial charge in [0.1, 0.15) is 5.75 Å². The summed E-state index contributed by atoms with van der Waals surface area (Å²) in [4.78, 5) is 36.2. The van der Waals surface area contributed by atoms with Crippen LogP contribution in [0.25, 0.3) is 0 Å². The first-order valence-corrected chi connectivity index (χ1v) is 11.2. The third-order valence-corrected chi connectivity index (χ3v) is 4.90. The summed E-state index contributed by atoms with van der Waals surface area (Å²) < 4.78 is 5.64. The summed E-state index contributed by atoms with van der Waals surface area (Å²) in [5.41, 5.74) is 6.60. The molecule has 0 saturated heterocycles. The second-order valence-electron chi connectivity index (χ2n) is 7.94. The predicted octanol–water partition coefficient (Wildman–Crippen LogP) is 3.13. The topological polar surface area (TPSA) is 109 Å². The largest absolute Gasteiger partial charge is 0.483 e. The number of carbonyl (C=O) groups excluding carboxylic acids is 3. The summed E-state index contributed by atoms with van der Waals surface area (Å²) in [6.45, 7) is 4.05. The van der Waals surface area contributed by atoms with Gasteiger partial charge in [-0.2, -0.15) is 5.10 Å². The van der Waals surface area contributed by atoms with Gasteiger partial charge in [-0.3, -0.25) is 14.4 Å². The molecule has 0 bridgehead atoms. The van der Waals surface area contributed by atoms with Crippen LogP contribution < -0.4 is 20.8 Å². The van der Waals surface area contributed by atoms with Crippen molar-refractivity contribution < 1.29 is 19.1 Å². The molecule has 0 atom stereocenters. The Kier molecular flexibility index (Phi) is 9.13. The second kappa shape index (κ2) is 12.7. The fourth-order valence-corrected chi connectivity index (χ4v) is 3.36. The molecule has 0 fully saturated rings. The molecular weight excluding hydrogens is 444 g/mol. The fraction of sp³-hybridized carbons (Fsp3) is 0.185. The van der Waals surface area contributed by atoms with Crippen LogP contribution in [0.1, 0.15) is 22.3 Å². The molecule has 0 unspecified atom stereocenters. The number of rotatable bonds is 9. The summed E-state index contributed by atoms with van der Waals surface area (Å²) in [7, 11) is 0. The molecule has 3 rings (SSSR count). The van der Waals surface area contributed by atoms with Gasteiger partial charge in [0.15, 0.2) is 6.61 Å². The molecule has 0 aromatic heterocycles. The van der Waals surface area contributed by atoms with Crippen molar-refractivity contribution in [2.75, 3.05) is 18.5 Å². The number of amides is 3. The van der Waals surface area contributed by atoms with E-state index in [-0.39, 0.29) is 12.5 Å². The Morgan fingerprint density at radius 3 is 2.31 bits per heavy atom. The molecule has 3 N–H and O–H groups in total. The number of hydrazone groups is 1. The van der Waals surface area contributed by atoms with Crippen LogP contribution in [0.2, 0.25) is 0 Å². The smallest absolute Gasteiger partial charge is 0.329 e. The molecule has 3 aromatic rings. The van der Waals surface area contributed by atoms with Crippen molar-refractivity contribution in [1.82, 2.24) is 10.7 Å². The van der Waals surface area contributed by atoms with Gasteiger partial charge >= 0.3 is 11.8 Å². The van der Waals surface area contributed by atoms with Crippen molar-refractivity contribution in [2.45, 2.75) is 20.3 Å². The highest BCUT2D eigenvalue weighted by atomic mass is 16.5. The highest BCUT2D eigenvalue weighted by Gasteiger charge is 2.12. The molecule has 0 spiro atoms. The zero-order chi connectivity index (χ0) is 25.0. The van der Waals surface area contributed by atoms with Crippen molar-refractivity contribution in [3.8, 4) is 5.75 Å². The molecule has 0 aliphatic heterocycles. The van der Waals surface area contributed by atoms with Gasteiger partial charge < -0.3 is 15.4 Å². The van der Waals surface area contributed by atoms with Gasteiger partial charge in [-0.05, 0) is 61.2 Å². The van der Waals surface area contributed by atoms with E-state index in [9.17, 15) is 14.4 Å². The molecule has 3 amide bonds. The van der Waals surface area contributed by atoms with Crippen molar-refractivity contribution >= 4 is 29.6 Å². The first-order valence-electron chi connectivity index (χ1n) is 11.2. The van der Waals surface area contributed by atoms with E-state index in [0.29, 0.717) is 30.0 Å². The maximum Gasteiger partial charge on any atom is 0.329 e. The first kappa shape index (κ1) is 25.2. The van der Waals surface area contributed by atoms with E-state index in [1.807, 2.05) is 62.4 Å². The minimum absolute atomic E-state index is 0.200. The first-order chi connectivity index (χ1) is 16.9. The van der Waals surface area contributed by atoms with Crippen LogP contribution in [-0.4, -0.2) is 37.1 Å². The van der Waals surface area contributed by atoms with Crippen LogP contribution in [0, 0.1) is 13.8 Å². The molecule has 3 aromatic carbocycles. The quantitative estimate of drug-likeness (QED) is 0.253. The summed E-state index contributed by atoms with van der Waals surface area (Å²) >= 11 is 0. The van der Waals surface area contributed by atoms with Crippen LogP contribution >= 0.6 is 0 Å². The molecular formula is C27H28N4O4. The lowest BCUT2D eigenvalue weighted by atomic mass is 10.1. The Hall–Kier alpha value is -4.46. The normalized spacial score (nSPS) is 10.6. The summed E-state index contributed by atoms with van der Waals surface area (Å²) in [5.74, 6) is -1.54. The monoisotopic (exact) mass is 472 g/mol. The number of nitrogens with one attached hydrogen (secondary N) is 3. The van der Waals surface area contributed by atoms with Crippen LogP contribution in [-0.2, 0) is 20.8 Å². The van der Waals surface area contributed by atoms with Crippen LogP contribution in [0.15, 0.2) is 77.9 Å². The minimum Gasteiger partial charge on any atom is -0.483 e. The van der Waals surface area contributed by atoms with Crippen molar-refractivity contribution in [2.24, 2.45) is 5.10 Å². The lowest BCUT2D eigenvalue weighted by molar-refractivity contribution is -0.139. The third-order valence-electron chi connectivity index (χ3n) is 4.90. The van der Waals surface area contributed by atoms with Crippen LogP contribution in [0.3, 0.4) is 0 Å². The Balaban J connectivity index is 1.47. The zero-order valence-electron chi connectivity index (χ0n) is 19.7. The number of hydrogen-bond donors (Lipinski definition) is 3. The molecule has 180 valence electrons. The third kappa shape index (κ3) is 8.43. The highest BCUT2D eigenvalue weighted by Crippen LogP contribution is 2.17. The number of hydrogen-bond acceptors (Lipinski definition) is 5. The Labute approximate surface area is 204 Å². The van der Waals surface area contributed by atoms with Crippen molar-refractivity contribution in [1.29, 1.82) is 0 Å². The molecule has 35 heavy (non-hydrogen) atoms. The number of para-hydroxylation sites is 1. The molecule has 0 aliphatic carbocycles. The van der Waals surface area contributed by atoms with Crippen LogP contribution in [0.4, 0.5) is 5.69 Å². The summed E-state index contributed by atoms with van der Waals surface area (Å²) in [6.07, 6.45) is 1.97.